The highest BCUT2D eigenvalue weighted by molar-refractivity contribution is 9.10. The van der Waals surface area contributed by atoms with Gasteiger partial charge < -0.3 is 9.30 Å². The van der Waals surface area contributed by atoms with Gasteiger partial charge in [-0.15, -0.1) is 6.58 Å². The summed E-state index contributed by atoms with van der Waals surface area (Å²) in [5.41, 5.74) is 1.63. The van der Waals surface area contributed by atoms with E-state index in [4.69, 9.17) is 4.74 Å². The Hall–Kier alpha value is -2.23. The van der Waals surface area contributed by atoms with Gasteiger partial charge >= 0.3 is 5.97 Å². The third-order valence-electron chi connectivity index (χ3n) is 5.19. The molecule has 0 bridgehead atoms. The molecule has 31 heavy (non-hydrogen) atoms. The summed E-state index contributed by atoms with van der Waals surface area (Å²) in [5, 5.41) is 0. The molecule has 0 aliphatic rings. The molecule has 1 aromatic carbocycles. The molecule has 9 heteroatoms. The first-order valence-corrected chi connectivity index (χ1v) is 12.0. The summed E-state index contributed by atoms with van der Waals surface area (Å²) in [6, 6.07) is 5.20. The SMILES string of the molecule is C=CCN(C(C)C(=O)c1c(C)c(C(=O)OCC)n(C)c1C)S(=O)(=O)c1ccc(Br)cc1. The lowest BCUT2D eigenvalue weighted by Crippen LogP contribution is -2.43. The third-order valence-corrected chi connectivity index (χ3v) is 7.67. The number of carbonyl (C=O) groups is 2. The molecule has 0 saturated carbocycles. The van der Waals surface area contributed by atoms with Crippen LogP contribution in [-0.4, -0.2) is 48.2 Å². The highest BCUT2D eigenvalue weighted by Gasteiger charge is 2.35. The summed E-state index contributed by atoms with van der Waals surface area (Å²) in [4.78, 5) is 25.9. The van der Waals surface area contributed by atoms with Crippen LogP contribution in [0.5, 0.6) is 0 Å². The van der Waals surface area contributed by atoms with Crippen molar-refractivity contribution in [1.29, 1.82) is 0 Å². The first-order valence-electron chi connectivity index (χ1n) is 9.74. The smallest absolute Gasteiger partial charge is 0.355 e. The second kappa shape index (κ2) is 9.93. The van der Waals surface area contributed by atoms with Crippen molar-refractivity contribution in [1.82, 2.24) is 8.87 Å². The normalized spacial score (nSPS) is 12.6. The van der Waals surface area contributed by atoms with Crippen LogP contribution in [0, 0.1) is 13.8 Å². The predicted molar refractivity (Wildman–Crippen MR) is 123 cm³/mol. The van der Waals surface area contributed by atoms with Crippen molar-refractivity contribution in [3.8, 4) is 0 Å². The number of halogens is 1. The fourth-order valence-corrected chi connectivity index (χ4v) is 5.33. The molecule has 7 nitrogen and oxygen atoms in total. The number of carbonyl (C=O) groups excluding carboxylic acids is 2. The van der Waals surface area contributed by atoms with Crippen molar-refractivity contribution in [2.75, 3.05) is 13.2 Å². The molecule has 1 heterocycles. The molecular weight excluding hydrogens is 484 g/mol. The Morgan fingerprint density at radius 3 is 2.35 bits per heavy atom. The number of ketones is 1. The van der Waals surface area contributed by atoms with Crippen LogP contribution in [0.2, 0.25) is 0 Å². The average molecular weight is 511 g/mol. The van der Waals surface area contributed by atoms with Gasteiger partial charge in [-0.2, -0.15) is 4.31 Å². The molecule has 1 unspecified atom stereocenters. The van der Waals surface area contributed by atoms with Gasteiger partial charge in [0.1, 0.15) is 5.69 Å². The van der Waals surface area contributed by atoms with Gasteiger partial charge in [-0.25, -0.2) is 13.2 Å². The third kappa shape index (κ3) is 4.83. The van der Waals surface area contributed by atoms with E-state index in [0.717, 1.165) is 8.78 Å². The minimum atomic E-state index is -3.96. The molecule has 1 atom stereocenters. The van der Waals surface area contributed by atoms with Crippen LogP contribution in [-0.2, 0) is 21.8 Å². The zero-order valence-corrected chi connectivity index (χ0v) is 20.7. The van der Waals surface area contributed by atoms with Crippen LogP contribution < -0.4 is 0 Å². The monoisotopic (exact) mass is 510 g/mol. The predicted octanol–water partition coefficient (Wildman–Crippen LogP) is 4.03. The van der Waals surface area contributed by atoms with Crippen molar-refractivity contribution in [3.63, 3.8) is 0 Å². The van der Waals surface area contributed by atoms with Gasteiger partial charge in [-0.1, -0.05) is 22.0 Å². The summed E-state index contributed by atoms with van der Waals surface area (Å²) >= 11 is 3.29. The summed E-state index contributed by atoms with van der Waals surface area (Å²) in [7, 11) is -2.29. The lowest BCUT2D eigenvalue weighted by molar-refractivity contribution is 0.0514. The standard InChI is InChI=1S/C22H27BrN2O5S/c1-7-13-25(31(28,29)18-11-9-17(23)10-12-18)16(5)21(26)19-14(3)20(22(27)30-8-2)24(6)15(19)4/h7,9-12,16H,1,8,13H2,2-6H3. The Balaban J connectivity index is 2.53. The van der Waals surface area contributed by atoms with Crippen LogP contribution >= 0.6 is 15.9 Å². The molecule has 168 valence electrons. The van der Waals surface area contributed by atoms with Crippen molar-refractivity contribution in [2.45, 2.75) is 38.6 Å². The van der Waals surface area contributed by atoms with Gasteiger partial charge in [0.15, 0.2) is 5.78 Å². The molecule has 0 spiro atoms. The van der Waals surface area contributed by atoms with Gasteiger partial charge in [-0.3, -0.25) is 4.79 Å². The number of Topliss-reactive ketones (excluding diaryl/α,β-unsaturated/α-hetero) is 1. The first kappa shape index (κ1) is 25.0. The zero-order valence-electron chi connectivity index (χ0n) is 18.3. The van der Waals surface area contributed by atoms with Gasteiger partial charge in [0, 0.05) is 29.3 Å². The summed E-state index contributed by atoms with van der Waals surface area (Å²) in [5.74, 6) is -0.925. The first-order chi connectivity index (χ1) is 14.5. The topological polar surface area (TPSA) is 85.7 Å². The second-order valence-corrected chi connectivity index (χ2v) is 9.88. The van der Waals surface area contributed by atoms with E-state index in [1.54, 1.807) is 44.5 Å². The molecule has 0 aliphatic heterocycles. The van der Waals surface area contributed by atoms with E-state index in [9.17, 15) is 18.0 Å². The minimum Gasteiger partial charge on any atom is -0.461 e. The number of rotatable bonds is 9. The van der Waals surface area contributed by atoms with E-state index in [-0.39, 0.29) is 23.7 Å². The molecule has 2 rings (SSSR count). The lowest BCUT2D eigenvalue weighted by atomic mass is 10.0. The maximum Gasteiger partial charge on any atom is 0.355 e. The molecule has 0 fully saturated rings. The molecule has 2 aromatic rings. The van der Waals surface area contributed by atoms with Crippen LogP contribution in [0.15, 0.2) is 46.3 Å². The number of benzene rings is 1. The highest BCUT2D eigenvalue weighted by atomic mass is 79.9. The largest absolute Gasteiger partial charge is 0.461 e. The summed E-state index contributed by atoms with van der Waals surface area (Å²) < 4.78 is 35.1. The van der Waals surface area contributed by atoms with Crippen molar-refractivity contribution >= 4 is 37.7 Å². The van der Waals surface area contributed by atoms with Crippen molar-refractivity contribution in [3.05, 3.63) is 63.9 Å². The highest BCUT2D eigenvalue weighted by Crippen LogP contribution is 2.27. The molecule has 1 aromatic heterocycles. The number of nitrogens with zero attached hydrogens (tertiary/aromatic N) is 2. The Labute approximate surface area is 191 Å². The van der Waals surface area contributed by atoms with Gasteiger partial charge in [0.25, 0.3) is 0 Å². The number of hydrogen-bond donors (Lipinski definition) is 0. The quantitative estimate of drug-likeness (QED) is 0.288. The van der Waals surface area contributed by atoms with E-state index in [1.807, 2.05) is 0 Å². The van der Waals surface area contributed by atoms with Crippen LogP contribution in [0.1, 0.15) is 46.0 Å². The maximum absolute atomic E-state index is 13.5. The molecule has 0 N–H and O–H groups in total. The Bertz CT molecular complexity index is 1100. The van der Waals surface area contributed by atoms with Gasteiger partial charge in [-0.05, 0) is 57.5 Å². The zero-order chi connectivity index (χ0) is 23.5. The molecule has 0 amide bonds. The second-order valence-electron chi connectivity index (χ2n) is 7.07. The molecule has 0 aliphatic carbocycles. The fraction of sp³-hybridized carbons (Fsp3) is 0.364. The van der Waals surface area contributed by atoms with Gasteiger partial charge in [0.05, 0.1) is 17.5 Å². The number of ether oxygens (including phenoxy) is 1. The molecular formula is C22H27BrN2O5S. The van der Waals surface area contributed by atoms with E-state index in [0.29, 0.717) is 16.8 Å². The Morgan fingerprint density at radius 2 is 1.84 bits per heavy atom. The molecule has 0 saturated heterocycles. The van der Waals surface area contributed by atoms with Crippen molar-refractivity contribution in [2.24, 2.45) is 7.05 Å². The fourth-order valence-electron chi connectivity index (χ4n) is 3.50. The van der Waals surface area contributed by atoms with E-state index in [2.05, 4.69) is 22.5 Å². The number of hydrogen-bond acceptors (Lipinski definition) is 5. The minimum absolute atomic E-state index is 0.0407. The van der Waals surface area contributed by atoms with Crippen LogP contribution in [0.25, 0.3) is 0 Å². The number of aromatic nitrogens is 1. The maximum atomic E-state index is 13.5. The number of esters is 1. The summed E-state index contributed by atoms with van der Waals surface area (Å²) in [6.45, 7) is 10.4. The average Bonchev–Trinajstić information content (AvgIpc) is 2.94. The van der Waals surface area contributed by atoms with E-state index in [1.165, 1.54) is 25.1 Å². The number of sulfonamides is 1. The van der Waals surface area contributed by atoms with Crippen LogP contribution in [0.3, 0.4) is 0 Å². The van der Waals surface area contributed by atoms with Crippen LogP contribution in [0.4, 0.5) is 0 Å². The van der Waals surface area contributed by atoms with Crippen molar-refractivity contribution < 1.29 is 22.7 Å². The lowest BCUT2D eigenvalue weighted by Gasteiger charge is -2.26. The Morgan fingerprint density at radius 1 is 1.26 bits per heavy atom. The molecule has 0 radical (unpaired) electrons. The Kier molecular flexibility index (Phi) is 8.02. The van der Waals surface area contributed by atoms with E-state index < -0.39 is 27.8 Å². The van der Waals surface area contributed by atoms with Gasteiger partial charge in [0.2, 0.25) is 10.0 Å². The van der Waals surface area contributed by atoms with E-state index >= 15 is 0 Å². The summed E-state index contributed by atoms with van der Waals surface area (Å²) in [6.07, 6.45) is 1.44.